The summed E-state index contributed by atoms with van der Waals surface area (Å²) >= 11 is 0. The summed E-state index contributed by atoms with van der Waals surface area (Å²) in [6, 6.07) is 4.13. The van der Waals surface area contributed by atoms with Crippen LogP contribution in [-0.4, -0.2) is 20.7 Å². The van der Waals surface area contributed by atoms with E-state index in [4.69, 9.17) is 5.26 Å². The molecule has 1 fully saturated rings. The molecule has 0 atom stereocenters. The lowest BCUT2D eigenvalue weighted by Gasteiger charge is -2.23. The molecule has 0 aromatic carbocycles. The van der Waals surface area contributed by atoms with Gasteiger partial charge in [-0.05, 0) is 44.2 Å². The second kappa shape index (κ2) is 8.21. The van der Waals surface area contributed by atoms with Gasteiger partial charge in [0.1, 0.15) is 17.5 Å². The summed E-state index contributed by atoms with van der Waals surface area (Å²) in [5.74, 6) is 0.635. The topological polar surface area (TPSA) is 104 Å². The molecule has 1 aliphatic carbocycles. The number of pyridine rings is 1. The van der Waals surface area contributed by atoms with Crippen LogP contribution in [0.15, 0.2) is 17.1 Å². The Morgan fingerprint density at radius 1 is 1.37 bits per heavy atom. The summed E-state index contributed by atoms with van der Waals surface area (Å²) in [7, 11) is 0. The first kappa shape index (κ1) is 18.9. The highest BCUT2D eigenvalue weighted by atomic mass is 16.1. The maximum absolute atomic E-state index is 12.5. The van der Waals surface area contributed by atoms with E-state index >= 15 is 0 Å². The lowest BCUT2D eigenvalue weighted by Crippen LogP contribution is -2.21. The molecule has 1 amide bonds. The van der Waals surface area contributed by atoms with Crippen LogP contribution < -0.4 is 10.9 Å². The van der Waals surface area contributed by atoms with E-state index in [1.165, 1.54) is 19.3 Å². The van der Waals surface area contributed by atoms with Gasteiger partial charge in [-0.1, -0.05) is 19.3 Å². The molecule has 0 radical (unpaired) electrons. The van der Waals surface area contributed by atoms with E-state index in [-0.39, 0.29) is 23.5 Å². The molecule has 0 saturated heterocycles. The largest absolute Gasteiger partial charge is 0.325 e. The highest BCUT2D eigenvalue weighted by Crippen LogP contribution is 2.30. The lowest BCUT2D eigenvalue weighted by atomic mass is 9.96. The molecule has 2 heterocycles. The number of amides is 1. The number of nitrogens with one attached hydrogen (secondary N) is 2. The van der Waals surface area contributed by atoms with Crippen molar-refractivity contribution >= 4 is 11.7 Å². The number of hydrogen-bond acceptors (Lipinski definition) is 4. The quantitative estimate of drug-likeness (QED) is 0.847. The summed E-state index contributed by atoms with van der Waals surface area (Å²) in [4.78, 5) is 27.0. The number of H-pyrrole nitrogens is 1. The van der Waals surface area contributed by atoms with Crippen molar-refractivity contribution in [3.05, 3.63) is 45.0 Å². The Kier molecular flexibility index (Phi) is 5.75. The molecule has 2 aromatic heterocycles. The third-order valence-corrected chi connectivity index (χ3v) is 5.38. The van der Waals surface area contributed by atoms with Gasteiger partial charge in [0.2, 0.25) is 5.91 Å². The summed E-state index contributed by atoms with van der Waals surface area (Å²) < 4.78 is 1.93. The minimum absolute atomic E-state index is 0.101. The Balaban J connectivity index is 1.67. The number of aromatic amines is 1. The molecule has 3 rings (SSSR count). The van der Waals surface area contributed by atoms with Crippen LogP contribution in [0.2, 0.25) is 0 Å². The van der Waals surface area contributed by atoms with Gasteiger partial charge in [0, 0.05) is 18.2 Å². The smallest absolute Gasteiger partial charge is 0.266 e. The first-order valence-corrected chi connectivity index (χ1v) is 9.47. The van der Waals surface area contributed by atoms with Crippen LogP contribution in [0.1, 0.15) is 67.0 Å². The Labute approximate surface area is 158 Å². The molecule has 27 heavy (non-hydrogen) atoms. The van der Waals surface area contributed by atoms with E-state index in [2.05, 4.69) is 15.4 Å². The number of anilines is 1. The first-order chi connectivity index (χ1) is 13.0. The van der Waals surface area contributed by atoms with Gasteiger partial charge in [0.15, 0.2) is 0 Å². The molecule has 1 aliphatic rings. The van der Waals surface area contributed by atoms with Crippen molar-refractivity contribution in [3.8, 4) is 6.07 Å². The van der Waals surface area contributed by atoms with Crippen LogP contribution >= 0.6 is 0 Å². The predicted molar refractivity (Wildman–Crippen MR) is 103 cm³/mol. The highest BCUT2D eigenvalue weighted by molar-refractivity contribution is 5.90. The normalized spacial score (nSPS) is 14.7. The molecule has 0 unspecified atom stereocenters. The van der Waals surface area contributed by atoms with Gasteiger partial charge in [-0.25, -0.2) is 4.68 Å². The zero-order valence-electron chi connectivity index (χ0n) is 15.8. The SMILES string of the molecule is Cc1[nH]c(=O)c(C#N)c(C)c1CCC(=O)Nc1ccnn1C1CCCCC1. The van der Waals surface area contributed by atoms with Crippen molar-refractivity contribution in [2.45, 2.75) is 64.8 Å². The van der Waals surface area contributed by atoms with Gasteiger partial charge in [-0.15, -0.1) is 0 Å². The van der Waals surface area contributed by atoms with Gasteiger partial charge >= 0.3 is 0 Å². The summed E-state index contributed by atoms with van der Waals surface area (Å²) in [6.07, 6.45) is 8.31. The monoisotopic (exact) mass is 367 g/mol. The van der Waals surface area contributed by atoms with Crippen LogP contribution in [0, 0.1) is 25.2 Å². The fourth-order valence-corrected chi connectivity index (χ4v) is 3.89. The van der Waals surface area contributed by atoms with E-state index in [9.17, 15) is 9.59 Å². The molecule has 7 nitrogen and oxygen atoms in total. The number of nitriles is 1. The lowest BCUT2D eigenvalue weighted by molar-refractivity contribution is -0.116. The van der Waals surface area contributed by atoms with Crippen molar-refractivity contribution in [2.75, 3.05) is 5.32 Å². The summed E-state index contributed by atoms with van der Waals surface area (Å²) in [6.45, 7) is 3.55. The van der Waals surface area contributed by atoms with Gasteiger partial charge in [0.25, 0.3) is 5.56 Å². The fraction of sp³-hybridized carbons (Fsp3) is 0.500. The molecular formula is C20H25N5O2. The van der Waals surface area contributed by atoms with Gasteiger partial charge in [-0.3, -0.25) is 9.59 Å². The Bertz CT molecular complexity index is 929. The number of carbonyl (C=O) groups is 1. The third kappa shape index (κ3) is 4.11. The number of aromatic nitrogens is 3. The van der Waals surface area contributed by atoms with Gasteiger partial charge in [0.05, 0.1) is 12.2 Å². The fourth-order valence-electron chi connectivity index (χ4n) is 3.89. The maximum atomic E-state index is 12.5. The van der Waals surface area contributed by atoms with Crippen molar-refractivity contribution in [3.63, 3.8) is 0 Å². The molecule has 0 aliphatic heterocycles. The minimum atomic E-state index is -0.378. The summed E-state index contributed by atoms with van der Waals surface area (Å²) in [5, 5.41) is 16.5. The van der Waals surface area contributed by atoms with E-state index in [0.717, 1.165) is 24.2 Å². The average molecular weight is 367 g/mol. The van der Waals surface area contributed by atoms with Crippen LogP contribution in [0.4, 0.5) is 5.82 Å². The number of nitrogens with zero attached hydrogens (tertiary/aromatic N) is 3. The van der Waals surface area contributed by atoms with Crippen LogP contribution in [0.3, 0.4) is 0 Å². The number of aryl methyl sites for hydroxylation is 1. The van der Waals surface area contributed by atoms with Gasteiger partial charge in [-0.2, -0.15) is 10.4 Å². The summed E-state index contributed by atoms with van der Waals surface area (Å²) in [5.41, 5.74) is 1.95. The zero-order chi connectivity index (χ0) is 19.4. The van der Waals surface area contributed by atoms with Crippen LogP contribution in [-0.2, 0) is 11.2 Å². The highest BCUT2D eigenvalue weighted by Gasteiger charge is 2.19. The van der Waals surface area contributed by atoms with E-state index in [0.29, 0.717) is 23.7 Å². The molecule has 1 saturated carbocycles. The predicted octanol–water partition coefficient (Wildman–Crippen LogP) is 3.14. The molecule has 142 valence electrons. The molecule has 7 heteroatoms. The second-order valence-corrected chi connectivity index (χ2v) is 7.17. The molecule has 2 N–H and O–H groups in total. The molecular weight excluding hydrogens is 342 g/mol. The Morgan fingerprint density at radius 3 is 2.81 bits per heavy atom. The first-order valence-electron chi connectivity index (χ1n) is 9.47. The number of rotatable bonds is 5. The van der Waals surface area contributed by atoms with E-state index in [1.807, 2.05) is 16.8 Å². The maximum Gasteiger partial charge on any atom is 0.266 e. The number of hydrogen-bond donors (Lipinski definition) is 2. The van der Waals surface area contributed by atoms with E-state index in [1.54, 1.807) is 20.0 Å². The third-order valence-electron chi connectivity index (χ3n) is 5.38. The molecule has 0 bridgehead atoms. The van der Waals surface area contributed by atoms with Crippen LogP contribution in [0.25, 0.3) is 0 Å². The van der Waals surface area contributed by atoms with Crippen LogP contribution in [0.5, 0.6) is 0 Å². The van der Waals surface area contributed by atoms with Crippen molar-refractivity contribution in [2.24, 2.45) is 0 Å². The van der Waals surface area contributed by atoms with Crippen molar-refractivity contribution < 1.29 is 4.79 Å². The Morgan fingerprint density at radius 2 is 2.11 bits per heavy atom. The Hall–Kier alpha value is -2.88. The van der Waals surface area contributed by atoms with Gasteiger partial charge < -0.3 is 10.3 Å². The van der Waals surface area contributed by atoms with E-state index < -0.39 is 0 Å². The average Bonchev–Trinajstić information content (AvgIpc) is 3.10. The van der Waals surface area contributed by atoms with Crippen molar-refractivity contribution in [1.82, 2.24) is 14.8 Å². The molecule has 2 aromatic rings. The zero-order valence-corrected chi connectivity index (χ0v) is 15.8. The minimum Gasteiger partial charge on any atom is -0.325 e. The second-order valence-electron chi connectivity index (χ2n) is 7.17. The van der Waals surface area contributed by atoms with Crippen molar-refractivity contribution in [1.29, 1.82) is 5.26 Å². The standard InChI is InChI=1S/C20H25N5O2/c1-13-16(14(2)23-20(27)17(13)12-21)8-9-19(26)24-18-10-11-22-25(18)15-6-4-3-5-7-15/h10-11,15H,3-9H2,1-2H3,(H,23,27)(H,24,26). The molecule has 0 spiro atoms. The number of carbonyl (C=O) groups excluding carboxylic acids is 1.